The van der Waals surface area contributed by atoms with Crippen LogP contribution in [0.15, 0.2) is 270 Å². The molecular formula is C68H43NO2Si. The summed E-state index contributed by atoms with van der Waals surface area (Å²) in [7, 11) is -2.82. The summed E-state index contributed by atoms with van der Waals surface area (Å²) in [6.45, 7) is 0. The summed E-state index contributed by atoms with van der Waals surface area (Å²) in [4.78, 5) is 2.34. The van der Waals surface area contributed by atoms with Gasteiger partial charge in [-0.15, -0.1) is 0 Å². The number of benzene rings is 12. The number of fused-ring (bicyclic) bond motifs is 13. The molecule has 72 heavy (non-hydrogen) atoms. The number of hydrogen-bond acceptors (Lipinski definition) is 3. The zero-order valence-electron chi connectivity index (χ0n) is 39.1. The Balaban J connectivity index is 0.906. The first-order valence-corrected chi connectivity index (χ1v) is 26.7. The Hall–Kier alpha value is -9.22. The van der Waals surface area contributed by atoms with E-state index in [-0.39, 0.29) is 0 Å². The van der Waals surface area contributed by atoms with Gasteiger partial charge in [0.1, 0.15) is 22.3 Å². The largest absolute Gasteiger partial charge is 0.456 e. The van der Waals surface area contributed by atoms with Crippen LogP contribution in [0.25, 0.3) is 98.8 Å². The zero-order valence-corrected chi connectivity index (χ0v) is 40.1. The SMILES string of the molecule is c1ccc([Si]2(c3ccccc3)c3ccc(-c4ccc(N(c5ccc(-c6cccc7ccccc67)cc5)c5ccc6c(c5)oc5ccccc56)cc4)cc3-c3c2ccc2ccc4oc5ccccc5c4c32)cc1. The Morgan fingerprint density at radius 3 is 1.60 bits per heavy atom. The predicted molar refractivity (Wildman–Crippen MR) is 304 cm³/mol. The van der Waals surface area contributed by atoms with E-state index in [9.17, 15) is 0 Å². The van der Waals surface area contributed by atoms with Crippen LogP contribution < -0.4 is 25.6 Å². The molecule has 0 fully saturated rings. The van der Waals surface area contributed by atoms with E-state index in [1.807, 2.05) is 12.1 Å². The Bertz CT molecular complexity index is 4390. The first-order chi connectivity index (χ1) is 35.7. The fourth-order valence-corrected chi connectivity index (χ4v) is 17.3. The molecule has 0 unspecified atom stereocenters. The van der Waals surface area contributed by atoms with E-state index in [1.54, 1.807) is 0 Å². The lowest BCUT2D eigenvalue weighted by Gasteiger charge is -2.31. The van der Waals surface area contributed by atoms with Gasteiger partial charge in [-0.3, -0.25) is 0 Å². The zero-order chi connectivity index (χ0) is 47.3. The molecule has 3 nitrogen and oxygen atoms in total. The van der Waals surface area contributed by atoms with Gasteiger partial charge in [0, 0.05) is 50.1 Å². The third-order valence-corrected chi connectivity index (χ3v) is 20.2. The summed E-state index contributed by atoms with van der Waals surface area (Å²) in [5.74, 6) is 0. The van der Waals surface area contributed by atoms with Gasteiger partial charge in [-0.05, 0) is 131 Å². The Morgan fingerprint density at radius 2 is 0.847 bits per heavy atom. The smallest absolute Gasteiger partial charge is 0.180 e. The van der Waals surface area contributed by atoms with Crippen molar-refractivity contribution < 1.29 is 8.83 Å². The van der Waals surface area contributed by atoms with Crippen molar-refractivity contribution in [3.63, 3.8) is 0 Å². The van der Waals surface area contributed by atoms with Crippen LogP contribution in [-0.4, -0.2) is 8.07 Å². The van der Waals surface area contributed by atoms with E-state index in [0.717, 1.165) is 61.1 Å². The maximum Gasteiger partial charge on any atom is 0.180 e. The van der Waals surface area contributed by atoms with Crippen molar-refractivity contribution in [1.29, 1.82) is 0 Å². The molecule has 0 radical (unpaired) electrons. The van der Waals surface area contributed by atoms with Crippen molar-refractivity contribution in [2.45, 2.75) is 0 Å². The number of nitrogens with zero attached hydrogens (tertiary/aromatic N) is 1. The standard InChI is InChI=1S/C68H43NO2Si/c1-3-16-52(17-4-1)72(53-18-5-2-6-19-53)64-40-32-48(42-59(64)68-65(72)41-31-47-30-39-62-67(66(47)68)58-22-10-12-25-61(58)70-62)44-26-33-49(34-27-44)69(51-37-38-57-56-21-9-11-24-60(56)71-63(57)43-51)50-35-28-46(29-36-50)55-23-13-15-45-14-7-8-20-54(45)55/h1-43H. The van der Waals surface area contributed by atoms with E-state index in [2.05, 4.69) is 254 Å². The van der Waals surface area contributed by atoms with Gasteiger partial charge in [-0.2, -0.15) is 0 Å². The summed E-state index contributed by atoms with van der Waals surface area (Å²) < 4.78 is 13.1. The van der Waals surface area contributed by atoms with Crippen molar-refractivity contribution in [2.24, 2.45) is 0 Å². The summed E-state index contributed by atoms with van der Waals surface area (Å²) in [6.07, 6.45) is 0. The third-order valence-electron chi connectivity index (χ3n) is 15.3. The van der Waals surface area contributed by atoms with Crippen molar-refractivity contribution in [1.82, 2.24) is 0 Å². The molecule has 4 heteroatoms. The van der Waals surface area contributed by atoms with Gasteiger partial charge >= 0.3 is 0 Å². The van der Waals surface area contributed by atoms with Crippen LogP contribution in [0.5, 0.6) is 0 Å². The Morgan fingerprint density at radius 1 is 0.292 bits per heavy atom. The van der Waals surface area contributed by atoms with Gasteiger partial charge in [0.25, 0.3) is 0 Å². The highest BCUT2D eigenvalue weighted by Crippen LogP contribution is 2.44. The molecule has 0 saturated heterocycles. The van der Waals surface area contributed by atoms with Gasteiger partial charge in [-0.25, -0.2) is 0 Å². The molecule has 1 aliphatic heterocycles. The van der Waals surface area contributed by atoms with Crippen LogP contribution >= 0.6 is 0 Å². The molecule has 0 aliphatic carbocycles. The second-order valence-electron chi connectivity index (χ2n) is 19.1. The van der Waals surface area contributed by atoms with Gasteiger partial charge in [0.2, 0.25) is 0 Å². The first-order valence-electron chi connectivity index (χ1n) is 24.7. The molecule has 1 aliphatic rings. The molecule has 2 aromatic heterocycles. The highest BCUT2D eigenvalue weighted by atomic mass is 28.3. The summed E-state index contributed by atoms with van der Waals surface area (Å²) >= 11 is 0. The predicted octanol–water partition coefficient (Wildman–Crippen LogP) is 16.0. The van der Waals surface area contributed by atoms with Crippen molar-refractivity contribution in [3.8, 4) is 33.4 Å². The summed E-state index contributed by atoms with van der Waals surface area (Å²) in [5.41, 5.74) is 14.0. The average Bonchev–Trinajstić information content (AvgIpc) is 4.12. The van der Waals surface area contributed by atoms with E-state index >= 15 is 0 Å². The fraction of sp³-hybridized carbons (Fsp3) is 0. The van der Waals surface area contributed by atoms with Crippen LogP contribution in [0, 0.1) is 0 Å². The van der Waals surface area contributed by atoms with Crippen LogP contribution in [0.1, 0.15) is 0 Å². The average molecular weight is 934 g/mol. The summed E-state index contributed by atoms with van der Waals surface area (Å²) in [5, 5.41) is 15.1. The van der Waals surface area contributed by atoms with Crippen molar-refractivity contribution in [2.75, 3.05) is 4.90 Å². The van der Waals surface area contributed by atoms with Gasteiger partial charge < -0.3 is 13.7 Å². The molecular weight excluding hydrogens is 891 g/mol. The quantitative estimate of drug-likeness (QED) is 0.149. The molecule has 0 saturated carbocycles. The number of anilines is 3. The molecule has 0 bridgehead atoms. The number of para-hydroxylation sites is 2. The molecule has 12 aromatic carbocycles. The fourth-order valence-electron chi connectivity index (χ4n) is 12.2. The minimum atomic E-state index is -2.82. The molecule has 3 heterocycles. The number of furan rings is 2. The van der Waals surface area contributed by atoms with E-state index in [1.165, 1.54) is 75.5 Å². The van der Waals surface area contributed by atoms with Crippen LogP contribution in [0.3, 0.4) is 0 Å². The van der Waals surface area contributed by atoms with Crippen molar-refractivity contribution >= 4 is 111 Å². The monoisotopic (exact) mass is 933 g/mol. The van der Waals surface area contributed by atoms with E-state index in [4.69, 9.17) is 8.83 Å². The van der Waals surface area contributed by atoms with Gasteiger partial charge in [-0.1, -0.05) is 194 Å². The molecule has 336 valence electrons. The lowest BCUT2D eigenvalue weighted by Crippen LogP contribution is -2.72. The van der Waals surface area contributed by atoms with E-state index < -0.39 is 8.07 Å². The van der Waals surface area contributed by atoms with Crippen LogP contribution in [0.4, 0.5) is 17.1 Å². The number of rotatable bonds is 7. The van der Waals surface area contributed by atoms with Crippen LogP contribution in [-0.2, 0) is 0 Å². The Kier molecular flexibility index (Phi) is 8.98. The highest BCUT2D eigenvalue weighted by Gasteiger charge is 2.49. The molecule has 0 amide bonds. The van der Waals surface area contributed by atoms with Crippen LogP contribution in [0.2, 0.25) is 0 Å². The lowest BCUT2D eigenvalue weighted by molar-refractivity contribution is 0.668. The molecule has 0 N–H and O–H groups in total. The molecule has 0 spiro atoms. The third kappa shape index (κ3) is 6.03. The molecule has 15 rings (SSSR count). The maximum atomic E-state index is 6.60. The van der Waals surface area contributed by atoms with Gasteiger partial charge in [0.05, 0.1) is 0 Å². The normalized spacial score (nSPS) is 12.8. The minimum absolute atomic E-state index is 0.861. The van der Waals surface area contributed by atoms with Gasteiger partial charge in [0.15, 0.2) is 8.07 Å². The number of hydrogen-bond donors (Lipinski definition) is 0. The minimum Gasteiger partial charge on any atom is -0.456 e. The summed E-state index contributed by atoms with van der Waals surface area (Å²) in [6, 6.07) is 95.6. The van der Waals surface area contributed by atoms with Crippen molar-refractivity contribution in [3.05, 3.63) is 261 Å². The highest BCUT2D eigenvalue weighted by molar-refractivity contribution is 7.22. The lowest BCUT2D eigenvalue weighted by atomic mass is 9.93. The molecule has 0 atom stereocenters. The topological polar surface area (TPSA) is 29.5 Å². The molecule has 14 aromatic rings. The second kappa shape index (κ2) is 15.9. The maximum absolute atomic E-state index is 6.60. The Labute approximate surface area is 417 Å². The van der Waals surface area contributed by atoms with E-state index in [0.29, 0.717) is 0 Å². The second-order valence-corrected chi connectivity index (χ2v) is 22.8. The first kappa shape index (κ1) is 40.6.